The molecule has 0 aliphatic rings. The number of hydrogen-bond donors (Lipinski definition) is 0. The molecule has 1 aromatic heterocycles. The third-order valence-electron chi connectivity index (χ3n) is 5.11. The molecule has 30 heavy (non-hydrogen) atoms. The molecule has 4 aromatic rings. The van der Waals surface area contributed by atoms with E-state index in [-0.39, 0.29) is 12.2 Å². The van der Waals surface area contributed by atoms with E-state index in [1.165, 1.54) is 0 Å². The lowest BCUT2D eigenvalue weighted by atomic mass is 9.98. The predicted molar refractivity (Wildman–Crippen MR) is 122 cm³/mol. The van der Waals surface area contributed by atoms with Gasteiger partial charge in [0.15, 0.2) is 0 Å². The minimum Gasteiger partial charge on any atom is -0.488 e. The van der Waals surface area contributed by atoms with Gasteiger partial charge in [0.05, 0.1) is 5.39 Å². The summed E-state index contributed by atoms with van der Waals surface area (Å²) in [6.07, 6.45) is 0.501. The number of aryl methyl sites for hydroxylation is 2. The lowest BCUT2D eigenvalue weighted by molar-refractivity contribution is 0.309. The van der Waals surface area contributed by atoms with Crippen LogP contribution >= 0.6 is 23.2 Å². The van der Waals surface area contributed by atoms with Crippen LogP contribution in [0.2, 0.25) is 10.0 Å². The molecule has 0 radical (unpaired) electrons. The topological polar surface area (TPSA) is 39.4 Å². The van der Waals surface area contributed by atoms with Crippen molar-refractivity contribution in [3.8, 4) is 5.75 Å². The molecule has 4 rings (SSSR count). The van der Waals surface area contributed by atoms with Crippen molar-refractivity contribution in [1.29, 1.82) is 0 Å². The quantitative estimate of drug-likeness (QED) is 0.318. The van der Waals surface area contributed by atoms with Crippen LogP contribution in [0.15, 0.2) is 69.9 Å². The highest BCUT2D eigenvalue weighted by atomic mass is 35.5. The van der Waals surface area contributed by atoms with Crippen molar-refractivity contribution >= 4 is 34.2 Å². The summed E-state index contributed by atoms with van der Waals surface area (Å²) in [6, 6.07) is 19.0. The first-order valence-corrected chi connectivity index (χ1v) is 10.4. The Hall–Kier alpha value is -2.75. The van der Waals surface area contributed by atoms with Gasteiger partial charge in [-0.1, -0.05) is 59.6 Å². The maximum Gasteiger partial charge on any atom is 0.340 e. The van der Waals surface area contributed by atoms with Gasteiger partial charge in [0.1, 0.15) is 17.9 Å². The van der Waals surface area contributed by atoms with Crippen molar-refractivity contribution in [2.24, 2.45) is 0 Å². The number of fused-ring (bicyclic) bond motifs is 1. The van der Waals surface area contributed by atoms with Crippen molar-refractivity contribution in [3.05, 3.63) is 109 Å². The third kappa shape index (κ3) is 4.23. The first-order chi connectivity index (χ1) is 14.4. The Kier molecular flexibility index (Phi) is 5.85. The minimum atomic E-state index is -0.318. The second-order valence-corrected chi connectivity index (χ2v) is 8.16. The highest BCUT2D eigenvalue weighted by molar-refractivity contribution is 6.35. The molecule has 0 amide bonds. The van der Waals surface area contributed by atoms with Gasteiger partial charge in [-0.25, -0.2) is 4.79 Å². The monoisotopic (exact) mass is 438 g/mol. The molecule has 0 unspecified atom stereocenters. The fraction of sp³-hybridized carbons (Fsp3) is 0.160. The largest absolute Gasteiger partial charge is 0.488 e. The summed E-state index contributed by atoms with van der Waals surface area (Å²) in [5, 5.41) is 1.93. The second kappa shape index (κ2) is 8.55. The summed E-state index contributed by atoms with van der Waals surface area (Å²) in [7, 11) is 0. The van der Waals surface area contributed by atoms with Gasteiger partial charge in [-0.05, 0) is 54.8 Å². The van der Waals surface area contributed by atoms with Crippen molar-refractivity contribution in [1.82, 2.24) is 0 Å². The van der Waals surface area contributed by atoms with Crippen LogP contribution in [0.1, 0.15) is 27.8 Å². The Bertz CT molecular complexity index is 1280. The summed E-state index contributed by atoms with van der Waals surface area (Å²) in [5.41, 5.74) is 4.52. The van der Waals surface area contributed by atoms with Gasteiger partial charge in [-0.2, -0.15) is 0 Å². The second-order valence-electron chi connectivity index (χ2n) is 7.32. The first-order valence-electron chi connectivity index (χ1n) is 9.60. The zero-order chi connectivity index (χ0) is 21.3. The summed E-state index contributed by atoms with van der Waals surface area (Å²) in [6.45, 7) is 4.16. The lowest BCUT2D eigenvalue weighted by Gasteiger charge is -2.15. The van der Waals surface area contributed by atoms with E-state index >= 15 is 0 Å². The SMILES string of the molecule is Cc1cc(OCc2ccc(Cl)cc2Cl)c2c(C)c(Cc3ccccc3)c(=O)oc2c1. The molecule has 0 atom stereocenters. The zero-order valence-electron chi connectivity index (χ0n) is 16.7. The third-order valence-corrected chi connectivity index (χ3v) is 5.70. The molecule has 3 aromatic carbocycles. The van der Waals surface area contributed by atoms with Gasteiger partial charge in [0, 0.05) is 27.6 Å². The number of benzene rings is 3. The van der Waals surface area contributed by atoms with Crippen LogP contribution in [0.3, 0.4) is 0 Å². The zero-order valence-corrected chi connectivity index (χ0v) is 18.2. The van der Waals surface area contributed by atoms with Crippen molar-refractivity contribution in [2.75, 3.05) is 0 Å². The Balaban J connectivity index is 1.77. The van der Waals surface area contributed by atoms with Crippen LogP contribution in [0.25, 0.3) is 11.0 Å². The number of halogens is 2. The lowest BCUT2D eigenvalue weighted by Crippen LogP contribution is -2.11. The molecule has 0 aliphatic carbocycles. The van der Waals surface area contributed by atoms with Crippen LogP contribution in [-0.4, -0.2) is 0 Å². The highest BCUT2D eigenvalue weighted by Crippen LogP contribution is 2.33. The van der Waals surface area contributed by atoms with E-state index in [0.717, 1.165) is 27.6 Å². The summed E-state index contributed by atoms with van der Waals surface area (Å²) in [4.78, 5) is 12.7. The van der Waals surface area contributed by atoms with Crippen molar-refractivity contribution in [3.63, 3.8) is 0 Å². The van der Waals surface area contributed by atoms with Gasteiger partial charge in [0.2, 0.25) is 0 Å². The van der Waals surface area contributed by atoms with Gasteiger partial charge >= 0.3 is 5.63 Å². The molecule has 5 heteroatoms. The Labute approximate surface area is 184 Å². The van der Waals surface area contributed by atoms with Crippen molar-refractivity contribution in [2.45, 2.75) is 26.9 Å². The molecule has 0 saturated carbocycles. The molecule has 0 spiro atoms. The fourth-order valence-electron chi connectivity index (χ4n) is 3.55. The van der Waals surface area contributed by atoms with E-state index < -0.39 is 0 Å². The van der Waals surface area contributed by atoms with Gasteiger partial charge < -0.3 is 9.15 Å². The number of rotatable bonds is 5. The Morgan fingerprint density at radius 2 is 1.73 bits per heavy atom. The van der Waals surface area contributed by atoms with Crippen LogP contribution in [0.5, 0.6) is 5.75 Å². The summed E-state index contributed by atoms with van der Waals surface area (Å²) < 4.78 is 11.8. The van der Waals surface area contributed by atoms with Crippen molar-refractivity contribution < 1.29 is 9.15 Å². The van der Waals surface area contributed by atoms with E-state index in [9.17, 15) is 4.79 Å². The fourth-order valence-corrected chi connectivity index (χ4v) is 4.01. The molecular weight excluding hydrogens is 419 g/mol. The van der Waals surface area contributed by atoms with E-state index in [4.69, 9.17) is 32.4 Å². The molecule has 0 saturated heterocycles. The van der Waals surface area contributed by atoms with Crippen LogP contribution < -0.4 is 10.4 Å². The molecule has 0 bridgehead atoms. The molecule has 1 heterocycles. The Morgan fingerprint density at radius 3 is 2.47 bits per heavy atom. The number of hydrogen-bond acceptors (Lipinski definition) is 3. The standard InChI is InChI=1S/C25H20Cl2O3/c1-15-10-22(29-14-18-8-9-19(26)13-21(18)27)24-16(2)20(25(28)30-23(24)11-15)12-17-6-4-3-5-7-17/h3-11,13H,12,14H2,1-2H3. The molecule has 0 fully saturated rings. The predicted octanol–water partition coefficient (Wildman–Crippen LogP) is 6.89. The van der Waals surface area contributed by atoms with E-state index in [0.29, 0.717) is 33.4 Å². The van der Waals surface area contributed by atoms with Gasteiger partial charge in [-0.15, -0.1) is 0 Å². The van der Waals surface area contributed by atoms with E-state index in [1.807, 2.05) is 62.4 Å². The smallest absolute Gasteiger partial charge is 0.340 e. The average Bonchev–Trinajstić information content (AvgIpc) is 2.70. The highest BCUT2D eigenvalue weighted by Gasteiger charge is 2.17. The van der Waals surface area contributed by atoms with Gasteiger partial charge in [-0.3, -0.25) is 0 Å². The normalized spacial score (nSPS) is 11.1. The average molecular weight is 439 g/mol. The summed E-state index contributed by atoms with van der Waals surface area (Å²) in [5.74, 6) is 0.659. The van der Waals surface area contributed by atoms with Gasteiger partial charge in [0.25, 0.3) is 0 Å². The summed E-state index contributed by atoms with van der Waals surface area (Å²) >= 11 is 12.3. The molecule has 0 aliphatic heterocycles. The number of ether oxygens (including phenoxy) is 1. The first kappa shape index (κ1) is 20.5. The Morgan fingerprint density at radius 1 is 0.967 bits per heavy atom. The maximum absolute atomic E-state index is 12.7. The van der Waals surface area contributed by atoms with Crippen LogP contribution in [-0.2, 0) is 13.0 Å². The van der Waals surface area contributed by atoms with E-state index in [2.05, 4.69) is 0 Å². The van der Waals surface area contributed by atoms with Crippen LogP contribution in [0, 0.1) is 13.8 Å². The van der Waals surface area contributed by atoms with Crippen LogP contribution in [0.4, 0.5) is 0 Å². The van der Waals surface area contributed by atoms with E-state index in [1.54, 1.807) is 12.1 Å². The molecule has 0 N–H and O–H groups in total. The molecule has 3 nitrogen and oxygen atoms in total. The molecule has 152 valence electrons. The molecular formula is C25H20Cl2O3. The maximum atomic E-state index is 12.7. The minimum absolute atomic E-state index is 0.279.